The number of fused-ring (bicyclic) bond motifs is 5. The first-order valence-electron chi connectivity index (χ1n) is 9.53. The fraction of sp³-hybridized carbons (Fsp3) is 0. The molecule has 28 heavy (non-hydrogen) atoms. The molecule has 0 aliphatic rings. The highest BCUT2D eigenvalue weighted by Crippen LogP contribution is 2.39. The van der Waals surface area contributed by atoms with Crippen molar-refractivity contribution >= 4 is 65.2 Å². The van der Waals surface area contributed by atoms with Gasteiger partial charge in [0.05, 0.1) is 22.1 Å². The molecular weight excluding hydrogens is 340 g/mol. The highest BCUT2D eigenvalue weighted by Gasteiger charge is 2.15. The second-order valence-corrected chi connectivity index (χ2v) is 7.48. The predicted molar refractivity (Wildman–Crippen MR) is 118 cm³/mol. The van der Waals surface area contributed by atoms with Gasteiger partial charge < -0.3 is 0 Å². The van der Waals surface area contributed by atoms with Crippen molar-refractivity contribution in [1.82, 2.24) is 9.97 Å². The average molecular weight is 354 g/mol. The van der Waals surface area contributed by atoms with Gasteiger partial charge in [-0.2, -0.15) is 0 Å². The van der Waals surface area contributed by atoms with Gasteiger partial charge >= 0.3 is 0 Å². The fourth-order valence-electron chi connectivity index (χ4n) is 4.67. The van der Waals surface area contributed by atoms with E-state index in [0.29, 0.717) is 0 Å². The number of hydrogen-bond donors (Lipinski definition) is 0. The van der Waals surface area contributed by atoms with Crippen LogP contribution < -0.4 is 0 Å². The van der Waals surface area contributed by atoms with Gasteiger partial charge in [-0.15, -0.1) is 0 Å². The van der Waals surface area contributed by atoms with E-state index >= 15 is 0 Å². The van der Waals surface area contributed by atoms with E-state index in [1.807, 2.05) is 0 Å². The van der Waals surface area contributed by atoms with Crippen molar-refractivity contribution < 1.29 is 0 Å². The van der Waals surface area contributed by atoms with Gasteiger partial charge in [-0.05, 0) is 44.5 Å². The lowest BCUT2D eigenvalue weighted by molar-refractivity contribution is 1.43. The molecule has 0 bridgehead atoms. The van der Waals surface area contributed by atoms with Crippen molar-refractivity contribution in [3.8, 4) is 0 Å². The van der Waals surface area contributed by atoms with E-state index in [4.69, 9.17) is 9.97 Å². The molecule has 0 aliphatic heterocycles. The SMILES string of the molecule is c1ccc2cc3nc4c5cccc6ccc7cccc(c4nc3cc2c1)c7c65. The second-order valence-electron chi connectivity index (χ2n) is 7.48. The minimum Gasteiger partial charge on any atom is -0.244 e. The van der Waals surface area contributed by atoms with E-state index in [-0.39, 0.29) is 0 Å². The first-order valence-corrected chi connectivity index (χ1v) is 9.53. The van der Waals surface area contributed by atoms with Crippen LogP contribution in [0.15, 0.2) is 84.9 Å². The normalized spacial score (nSPS) is 12.3. The van der Waals surface area contributed by atoms with E-state index in [2.05, 4.69) is 84.9 Å². The van der Waals surface area contributed by atoms with Crippen molar-refractivity contribution in [2.24, 2.45) is 0 Å². The molecule has 2 nitrogen and oxygen atoms in total. The van der Waals surface area contributed by atoms with Crippen molar-refractivity contribution in [1.29, 1.82) is 0 Å². The maximum absolute atomic E-state index is 5.11. The van der Waals surface area contributed by atoms with Crippen LogP contribution in [-0.2, 0) is 0 Å². The molecule has 1 aromatic heterocycles. The van der Waals surface area contributed by atoms with Gasteiger partial charge in [-0.3, -0.25) is 0 Å². The second kappa shape index (κ2) is 4.93. The topological polar surface area (TPSA) is 25.8 Å². The molecule has 7 rings (SSSR count). The van der Waals surface area contributed by atoms with Crippen LogP contribution >= 0.6 is 0 Å². The number of aromatic nitrogens is 2. The molecule has 0 saturated heterocycles. The van der Waals surface area contributed by atoms with Crippen LogP contribution in [0.5, 0.6) is 0 Å². The summed E-state index contributed by atoms with van der Waals surface area (Å²) in [6, 6.07) is 30.1. The molecule has 1 heterocycles. The Balaban J connectivity index is 1.81. The fourth-order valence-corrected chi connectivity index (χ4v) is 4.67. The van der Waals surface area contributed by atoms with E-state index < -0.39 is 0 Å². The van der Waals surface area contributed by atoms with Crippen LogP contribution in [0, 0.1) is 0 Å². The van der Waals surface area contributed by atoms with E-state index in [0.717, 1.165) is 22.1 Å². The lowest BCUT2D eigenvalue weighted by Gasteiger charge is -2.14. The number of benzene rings is 6. The minimum absolute atomic E-state index is 0.945. The van der Waals surface area contributed by atoms with Crippen molar-refractivity contribution in [3.63, 3.8) is 0 Å². The standard InChI is InChI=1S/C26H14N2/c1-2-6-18-14-22-21(13-17(18)5-1)27-25-19-9-3-7-15-11-12-16-8-4-10-20(26(25)28-22)24(16)23(15)19/h1-14H. The predicted octanol–water partition coefficient (Wildman–Crippen LogP) is 6.83. The van der Waals surface area contributed by atoms with Crippen LogP contribution in [-0.4, -0.2) is 9.97 Å². The molecule has 0 spiro atoms. The largest absolute Gasteiger partial charge is 0.244 e. The Morgan fingerprint density at radius 3 is 1.39 bits per heavy atom. The third kappa shape index (κ3) is 1.72. The summed E-state index contributed by atoms with van der Waals surface area (Å²) in [6.45, 7) is 0. The summed E-state index contributed by atoms with van der Waals surface area (Å²) < 4.78 is 0. The first kappa shape index (κ1) is 14.3. The van der Waals surface area contributed by atoms with Crippen LogP contribution in [0.1, 0.15) is 0 Å². The molecule has 2 heteroatoms. The molecular formula is C26H14N2. The van der Waals surface area contributed by atoms with Crippen molar-refractivity contribution in [3.05, 3.63) is 84.9 Å². The van der Waals surface area contributed by atoms with Gasteiger partial charge in [-0.25, -0.2) is 9.97 Å². The van der Waals surface area contributed by atoms with Crippen LogP contribution in [0.3, 0.4) is 0 Å². The lowest BCUT2D eigenvalue weighted by Crippen LogP contribution is -1.93. The number of nitrogens with zero attached hydrogens (tertiary/aromatic N) is 2. The quantitative estimate of drug-likeness (QED) is 0.220. The summed E-state index contributed by atoms with van der Waals surface area (Å²) in [7, 11) is 0. The van der Waals surface area contributed by atoms with Gasteiger partial charge in [-0.1, -0.05) is 72.8 Å². The Hall–Kier alpha value is -3.78. The van der Waals surface area contributed by atoms with Crippen LogP contribution in [0.4, 0.5) is 0 Å². The zero-order chi connectivity index (χ0) is 18.2. The summed E-state index contributed by atoms with van der Waals surface area (Å²) in [6.07, 6.45) is 0. The number of hydrogen-bond acceptors (Lipinski definition) is 2. The Bertz CT molecular complexity index is 1590. The third-order valence-corrected chi connectivity index (χ3v) is 5.93. The summed E-state index contributed by atoms with van der Waals surface area (Å²) in [5.74, 6) is 0. The molecule has 0 atom stereocenters. The maximum Gasteiger partial charge on any atom is 0.0979 e. The molecule has 0 saturated carbocycles. The lowest BCUT2D eigenvalue weighted by atomic mass is 9.93. The Kier molecular flexibility index (Phi) is 2.52. The molecule has 7 aromatic rings. The van der Waals surface area contributed by atoms with Crippen LogP contribution in [0.2, 0.25) is 0 Å². The molecule has 0 N–H and O–H groups in total. The Labute approximate surface area is 160 Å². The van der Waals surface area contributed by atoms with Gasteiger partial charge in [0.2, 0.25) is 0 Å². The molecule has 0 unspecified atom stereocenters. The summed E-state index contributed by atoms with van der Waals surface area (Å²) in [5.41, 5.74) is 3.86. The molecule has 0 fully saturated rings. The monoisotopic (exact) mass is 354 g/mol. The molecule has 128 valence electrons. The minimum atomic E-state index is 0.945. The molecule has 6 aromatic carbocycles. The van der Waals surface area contributed by atoms with E-state index in [1.165, 1.54) is 43.1 Å². The van der Waals surface area contributed by atoms with Gasteiger partial charge in [0.1, 0.15) is 0 Å². The van der Waals surface area contributed by atoms with Crippen molar-refractivity contribution in [2.75, 3.05) is 0 Å². The zero-order valence-corrected chi connectivity index (χ0v) is 15.0. The average Bonchev–Trinajstić information content (AvgIpc) is 2.75. The van der Waals surface area contributed by atoms with Gasteiger partial charge in [0, 0.05) is 10.8 Å². The van der Waals surface area contributed by atoms with Gasteiger partial charge in [0.15, 0.2) is 0 Å². The van der Waals surface area contributed by atoms with Gasteiger partial charge in [0.25, 0.3) is 0 Å². The zero-order valence-electron chi connectivity index (χ0n) is 15.0. The maximum atomic E-state index is 5.11. The summed E-state index contributed by atoms with van der Waals surface area (Å²) in [5, 5.41) is 9.84. The van der Waals surface area contributed by atoms with E-state index in [1.54, 1.807) is 0 Å². The number of rotatable bonds is 0. The first-order chi connectivity index (χ1) is 13.9. The Morgan fingerprint density at radius 1 is 0.429 bits per heavy atom. The Morgan fingerprint density at radius 2 is 0.893 bits per heavy atom. The smallest absolute Gasteiger partial charge is 0.0979 e. The highest BCUT2D eigenvalue weighted by molar-refractivity contribution is 6.32. The van der Waals surface area contributed by atoms with Crippen molar-refractivity contribution in [2.45, 2.75) is 0 Å². The molecule has 0 aliphatic carbocycles. The summed E-state index contributed by atoms with van der Waals surface area (Å²) >= 11 is 0. The van der Waals surface area contributed by atoms with E-state index in [9.17, 15) is 0 Å². The highest BCUT2D eigenvalue weighted by atomic mass is 14.8. The molecule has 0 radical (unpaired) electrons. The molecule has 0 amide bonds. The summed E-state index contributed by atoms with van der Waals surface area (Å²) in [4.78, 5) is 10.2. The van der Waals surface area contributed by atoms with Crippen LogP contribution in [0.25, 0.3) is 65.2 Å². The third-order valence-electron chi connectivity index (χ3n) is 5.93.